The van der Waals surface area contributed by atoms with Crippen LogP contribution in [0.15, 0.2) is 0 Å². The molecule has 1 aliphatic rings. The molecule has 14 heteroatoms. The second-order valence-electron chi connectivity index (χ2n) is 14.5. The van der Waals surface area contributed by atoms with Crippen LogP contribution in [-0.2, 0) is 73.5 Å². The number of amides is 1. The second kappa shape index (κ2) is 50.7. The van der Waals surface area contributed by atoms with Gasteiger partial charge in [0.2, 0.25) is 0 Å². The predicted molar refractivity (Wildman–Crippen MR) is 243 cm³/mol. The smallest absolute Gasteiger partial charge is 0.410 e. The molecule has 0 aromatic heterocycles. The second-order valence-corrected chi connectivity index (χ2v) is 14.5. The standard InChI is InChI=1S/C33H56NO10.C10H19O2.2C2H6.CH3.W/c1-5-8-10-12-14-16-18-30(36)42-25-27(21-31(37)40-20-17-15-13-11-9-6-2)22-32(38)44-29-24-34(33(39)41-19-7-3)23-28(29)43-26(4)35;1-3-4-5-6-7-8-9-12-10(2)11;2*1-2;;/h27-29H,4-25H2,1-3H3;2-9H2,1H3;2*1-2H3;1H3;/q2*-1;;;-1;. The number of carbonyl (C=O) groups is 6. The Bertz CT molecular complexity index is 1080. The van der Waals surface area contributed by atoms with Gasteiger partial charge in [-0.05, 0) is 25.7 Å². The maximum absolute atomic E-state index is 13.0. The Balaban J connectivity index is -0.000000513. The molecule has 1 saturated heterocycles. The van der Waals surface area contributed by atoms with E-state index in [1.54, 1.807) is 0 Å². The molecule has 1 aliphatic heterocycles. The fraction of sp³-hybridized carbons (Fsp3) is 0.812. The number of rotatable bonds is 31. The molecule has 0 bridgehead atoms. The average molecular weight is 1060 g/mol. The summed E-state index contributed by atoms with van der Waals surface area (Å²) in [6.45, 7) is 23.6. The van der Waals surface area contributed by atoms with Gasteiger partial charge < -0.3 is 40.7 Å². The van der Waals surface area contributed by atoms with Crippen molar-refractivity contribution in [3.05, 3.63) is 21.3 Å². The molecule has 1 amide bonds. The Labute approximate surface area is 393 Å². The van der Waals surface area contributed by atoms with Crippen LogP contribution in [0.1, 0.15) is 197 Å². The molecule has 1 heterocycles. The van der Waals surface area contributed by atoms with Crippen molar-refractivity contribution in [2.75, 3.05) is 39.5 Å². The molecule has 3 atom stereocenters. The SMILES string of the molecule is CC.CC.[CH2-]C(=O)OC1CN(C(=O)OCCC)CC1OC(=O)CC(COC(=O)CCCCCCCC)CC(=O)OCCCCCCCC.[CH2-]C(=O)OCCCCCCCC.[CH3-].[W]. The third-order valence-corrected chi connectivity index (χ3v) is 9.12. The summed E-state index contributed by atoms with van der Waals surface area (Å²) in [7, 11) is 0. The zero-order chi connectivity index (χ0) is 45.8. The van der Waals surface area contributed by atoms with Crippen LogP contribution in [0.2, 0.25) is 0 Å². The normalized spacial score (nSPS) is 13.9. The first-order chi connectivity index (χ1) is 29.0. The Kier molecular flexibility index (Phi) is 55.7. The number of hydrogen-bond donors (Lipinski definition) is 0. The molecule has 13 nitrogen and oxygen atoms in total. The van der Waals surface area contributed by atoms with Gasteiger partial charge in [-0.25, -0.2) is 4.79 Å². The van der Waals surface area contributed by atoms with E-state index >= 15 is 0 Å². The molecule has 0 saturated carbocycles. The van der Waals surface area contributed by atoms with E-state index in [9.17, 15) is 28.8 Å². The first kappa shape index (κ1) is 68.1. The number of unbranched alkanes of at least 4 members (excludes halogenated alkanes) is 15. The van der Waals surface area contributed by atoms with Crippen molar-refractivity contribution in [1.82, 2.24) is 4.90 Å². The van der Waals surface area contributed by atoms with E-state index in [0.29, 0.717) is 19.6 Å². The van der Waals surface area contributed by atoms with E-state index in [-0.39, 0.29) is 80.0 Å². The third-order valence-electron chi connectivity index (χ3n) is 9.12. The Hall–Kier alpha value is -2.95. The number of likely N-dealkylation sites (tertiary alicyclic amines) is 1. The van der Waals surface area contributed by atoms with Crippen LogP contribution in [0.25, 0.3) is 0 Å². The predicted octanol–water partition coefficient (Wildman–Crippen LogP) is 11.3. The number of nitrogens with zero attached hydrogens (tertiary/aromatic N) is 1. The van der Waals surface area contributed by atoms with E-state index in [1.165, 1.54) is 43.4 Å². The van der Waals surface area contributed by atoms with Gasteiger partial charge >= 0.3 is 24.0 Å². The fourth-order valence-corrected chi connectivity index (χ4v) is 5.98. The zero-order valence-corrected chi connectivity index (χ0v) is 43.6. The van der Waals surface area contributed by atoms with Gasteiger partial charge in [0, 0.05) is 33.4 Å². The van der Waals surface area contributed by atoms with Crippen LogP contribution in [0.5, 0.6) is 0 Å². The van der Waals surface area contributed by atoms with Crippen molar-refractivity contribution in [3.63, 3.8) is 0 Å². The van der Waals surface area contributed by atoms with Gasteiger partial charge in [0.1, 0.15) is 0 Å². The summed E-state index contributed by atoms with van der Waals surface area (Å²) in [6, 6.07) is 0. The monoisotopic (exact) mass is 1060 g/mol. The van der Waals surface area contributed by atoms with Crippen molar-refractivity contribution in [3.8, 4) is 0 Å². The molecule has 0 aromatic carbocycles. The first-order valence-corrected chi connectivity index (χ1v) is 23.4. The zero-order valence-electron chi connectivity index (χ0n) is 40.7. The van der Waals surface area contributed by atoms with E-state index in [0.717, 1.165) is 77.0 Å². The summed E-state index contributed by atoms with van der Waals surface area (Å²) in [5, 5.41) is 0. The van der Waals surface area contributed by atoms with Gasteiger partial charge in [0.25, 0.3) is 0 Å². The average Bonchev–Trinajstić information content (AvgIpc) is 3.62. The van der Waals surface area contributed by atoms with E-state index in [4.69, 9.17) is 28.4 Å². The van der Waals surface area contributed by atoms with E-state index < -0.39 is 48.1 Å². The minimum absolute atomic E-state index is 0. The molecule has 0 aliphatic carbocycles. The summed E-state index contributed by atoms with van der Waals surface area (Å²) < 4.78 is 31.5. The van der Waals surface area contributed by atoms with Gasteiger partial charge in [0.05, 0.1) is 52.4 Å². The topological polar surface area (TPSA) is 161 Å². The van der Waals surface area contributed by atoms with Crippen LogP contribution in [0.3, 0.4) is 0 Å². The van der Waals surface area contributed by atoms with Crippen molar-refractivity contribution in [2.45, 2.75) is 209 Å². The Morgan fingerprint density at radius 2 is 0.935 bits per heavy atom. The number of carbonyl (C=O) groups excluding carboxylic acids is 6. The van der Waals surface area contributed by atoms with Crippen LogP contribution >= 0.6 is 0 Å². The van der Waals surface area contributed by atoms with Crippen molar-refractivity contribution >= 4 is 35.9 Å². The molecular weight excluding hydrogens is 966 g/mol. The molecule has 368 valence electrons. The largest absolute Gasteiger partial charge is 0.488 e. The molecule has 3 unspecified atom stereocenters. The molecular formula is C48H90NO12W-3. The number of esters is 5. The maximum atomic E-state index is 13.0. The minimum atomic E-state index is -0.932. The minimum Gasteiger partial charge on any atom is -0.488 e. The molecule has 62 heavy (non-hydrogen) atoms. The third kappa shape index (κ3) is 43.7. The van der Waals surface area contributed by atoms with Crippen LogP contribution in [-0.4, -0.2) is 92.6 Å². The van der Waals surface area contributed by atoms with Crippen molar-refractivity contribution in [1.29, 1.82) is 0 Å². The number of ether oxygens (including phenoxy) is 6. The quantitative estimate of drug-likeness (QED) is 0.0280. The fourth-order valence-electron chi connectivity index (χ4n) is 5.98. The summed E-state index contributed by atoms with van der Waals surface area (Å²) in [5.74, 6) is -3.41. The van der Waals surface area contributed by atoms with Gasteiger partial charge in [-0.15, -0.1) is 0 Å². The van der Waals surface area contributed by atoms with Gasteiger partial charge in [0.15, 0.2) is 24.1 Å². The molecule has 1 rings (SSSR count). The summed E-state index contributed by atoms with van der Waals surface area (Å²) in [6.07, 6.45) is 18.0. The first-order valence-electron chi connectivity index (χ1n) is 23.4. The summed E-state index contributed by atoms with van der Waals surface area (Å²) >= 11 is 0. The molecule has 0 spiro atoms. The van der Waals surface area contributed by atoms with Crippen molar-refractivity contribution < 1.29 is 78.3 Å². The van der Waals surface area contributed by atoms with Crippen LogP contribution in [0, 0.1) is 27.2 Å². The molecule has 1 fully saturated rings. The summed E-state index contributed by atoms with van der Waals surface area (Å²) in [5.41, 5.74) is 0. The Morgan fingerprint density at radius 1 is 0.500 bits per heavy atom. The van der Waals surface area contributed by atoms with Gasteiger partial charge in [-0.3, -0.25) is 37.8 Å². The van der Waals surface area contributed by atoms with E-state index in [1.807, 2.05) is 34.6 Å². The molecule has 0 aromatic rings. The maximum Gasteiger partial charge on any atom is 0.410 e. The molecule has 0 N–H and O–H groups in total. The van der Waals surface area contributed by atoms with Crippen LogP contribution in [0.4, 0.5) is 4.79 Å². The van der Waals surface area contributed by atoms with E-state index in [2.05, 4.69) is 34.6 Å². The Morgan fingerprint density at radius 3 is 1.40 bits per heavy atom. The van der Waals surface area contributed by atoms with Crippen LogP contribution < -0.4 is 0 Å². The van der Waals surface area contributed by atoms with Gasteiger partial charge in [-0.2, -0.15) is 0 Å². The van der Waals surface area contributed by atoms with Gasteiger partial charge in [-0.1, -0.05) is 152 Å². The number of hydrogen-bond acceptors (Lipinski definition) is 12. The van der Waals surface area contributed by atoms with Crippen molar-refractivity contribution in [2.24, 2.45) is 5.92 Å². The summed E-state index contributed by atoms with van der Waals surface area (Å²) in [4.78, 5) is 73.4. The molecule has 0 radical (unpaired) electrons.